The van der Waals surface area contributed by atoms with Crippen molar-refractivity contribution in [2.24, 2.45) is 0 Å². The number of nitrogens with zero attached hydrogens (tertiary/aromatic N) is 1. The lowest BCUT2D eigenvalue weighted by Crippen LogP contribution is -2.51. The van der Waals surface area contributed by atoms with Crippen molar-refractivity contribution in [2.45, 2.75) is 57.0 Å². The van der Waals surface area contributed by atoms with Gasteiger partial charge in [-0.3, -0.25) is 5.32 Å². The SMILES string of the molecule is CC(NC1CCCCCC1)(C(=O)O)c1nccs1. The molecule has 2 N–H and O–H groups in total. The highest BCUT2D eigenvalue weighted by atomic mass is 32.1. The highest BCUT2D eigenvalue weighted by Crippen LogP contribution is 2.27. The van der Waals surface area contributed by atoms with E-state index < -0.39 is 11.5 Å². The predicted molar refractivity (Wildman–Crippen MR) is 71.7 cm³/mol. The second-order valence-corrected chi connectivity index (χ2v) is 5.99. The molecule has 1 aliphatic rings. The summed E-state index contributed by atoms with van der Waals surface area (Å²) in [6, 6.07) is 0.289. The summed E-state index contributed by atoms with van der Waals surface area (Å²) >= 11 is 1.40. The lowest BCUT2D eigenvalue weighted by Gasteiger charge is -2.29. The van der Waals surface area contributed by atoms with Crippen molar-refractivity contribution < 1.29 is 9.90 Å². The summed E-state index contributed by atoms with van der Waals surface area (Å²) in [4.78, 5) is 15.8. The van der Waals surface area contributed by atoms with E-state index in [0.29, 0.717) is 5.01 Å². The summed E-state index contributed by atoms with van der Waals surface area (Å²) in [7, 11) is 0. The van der Waals surface area contributed by atoms with Crippen molar-refractivity contribution in [3.05, 3.63) is 16.6 Å². The number of carboxylic acids is 1. The predicted octanol–water partition coefficient (Wildman–Crippen LogP) is 2.76. The van der Waals surface area contributed by atoms with Gasteiger partial charge in [-0.05, 0) is 19.8 Å². The highest BCUT2D eigenvalue weighted by Gasteiger charge is 2.39. The Morgan fingerprint density at radius 2 is 2.11 bits per heavy atom. The largest absolute Gasteiger partial charge is 0.480 e. The smallest absolute Gasteiger partial charge is 0.330 e. The highest BCUT2D eigenvalue weighted by molar-refractivity contribution is 7.09. The van der Waals surface area contributed by atoms with Crippen molar-refractivity contribution in [3.8, 4) is 0 Å². The van der Waals surface area contributed by atoms with E-state index >= 15 is 0 Å². The molecule has 1 aromatic rings. The number of nitrogens with one attached hydrogen (secondary N) is 1. The number of thiazole rings is 1. The Hall–Kier alpha value is -0.940. The zero-order valence-electron chi connectivity index (χ0n) is 10.7. The summed E-state index contributed by atoms with van der Waals surface area (Å²) in [5, 5.41) is 15.3. The molecule has 2 rings (SSSR count). The average molecular weight is 268 g/mol. The van der Waals surface area contributed by atoms with E-state index in [4.69, 9.17) is 0 Å². The van der Waals surface area contributed by atoms with Crippen LogP contribution in [0.25, 0.3) is 0 Å². The molecule has 100 valence electrons. The normalized spacial score (nSPS) is 21.2. The van der Waals surface area contributed by atoms with Crippen LogP contribution in [0.3, 0.4) is 0 Å². The van der Waals surface area contributed by atoms with Gasteiger partial charge in [-0.15, -0.1) is 11.3 Å². The molecule has 1 unspecified atom stereocenters. The van der Waals surface area contributed by atoms with Crippen LogP contribution in [0.4, 0.5) is 0 Å². The van der Waals surface area contributed by atoms with Crippen molar-refractivity contribution in [1.29, 1.82) is 0 Å². The molecule has 1 aliphatic carbocycles. The summed E-state index contributed by atoms with van der Waals surface area (Å²) in [6.07, 6.45) is 8.69. The van der Waals surface area contributed by atoms with Gasteiger partial charge in [0.1, 0.15) is 5.01 Å². The van der Waals surface area contributed by atoms with Gasteiger partial charge in [0.05, 0.1) is 0 Å². The Labute approximate surface area is 111 Å². The Bertz CT molecular complexity index is 386. The van der Waals surface area contributed by atoms with Gasteiger partial charge >= 0.3 is 5.97 Å². The van der Waals surface area contributed by atoms with Gasteiger partial charge in [-0.25, -0.2) is 9.78 Å². The molecule has 1 atom stereocenters. The van der Waals surface area contributed by atoms with Gasteiger partial charge in [-0.1, -0.05) is 25.7 Å². The lowest BCUT2D eigenvalue weighted by atomic mass is 9.99. The van der Waals surface area contributed by atoms with Gasteiger partial charge in [0.2, 0.25) is 0 Å². The first-order chi connectivity index (χ1) is 8.63. The van der Waals surface area contributed by atoms with Crippen LogP contribution in [-0.4, -0.2) is 22.1 Å². The van der Waals surface area contributed by atoms with Crippen molar-refractivity contribution >= 4 is 17.3 Å². The van der Waals surface area contributed by atoms with Crippen LogP contribution in [-0.2, 0) is 10.3 Å². The number of carbonyl (C=O) groups is 1. The van der Waals surface area contributed by atoms with Crippen LogP contribution in [0, 0.1) is 0 Å². The molecule has 0 radical (unpaired) electrons. The van der Waals surface area contributed by atoms with Gasteiger partial charge in [-0.2, -0.15) is 0 Å². The summed E-state index contributed by atoms with van der Waals surface area (Å²) in [5.74, 6) is -0.846. The minimum absolute atomic E-state index is 0.289. The van der Waals surface area contributed by atoms with Crippen molar-refractivity contribution in [2.75, 3.05) is 0 Å². The topological polar surface area (TPSA) is 62.2 Å². The molecule has 4 nitrogen and oxygen atoms in total. The van der Waals surface area contributed by atoms with E-state index in [1.165, 1.54) is 37.0 Å². The van der Waals surface area contributed by atoms with E-state index in [9.17, 15) is 9.90 Å². The molecule has 1 fully saturated rings. The molecule has 0 aromatic carbocycles. The zero-order chi connectivity index (χ0) is 13.0. The maximum absolute atomic E-state index is 11.6. The number of hydrogen-bond donors (Lipinski definition) is 2. The Kier molecular flexibility index (Phi) is 4.35. The molecule has 1 saturated carbocycles. The molecule has 18 heavy (non-hydrogen) atoms. The fourth-order valence-electron chi connectivity index (χ4n) is 2.52. The third-order valence-electron chi connectivity index (χ3n) is 3.64. The van der Waals surface area contributed by atoms with Crippen molar-refractivity contribution in [3.63, 3.8) is 0 Å². The second kappa shape index (κ2) is 5.80. The number of rotatable bonds is 4. The number of hydrogen-bond acceptors (Lipinski definition) is 4. The molecule has 0 spiro atoms. The number of carboxylic acid groups (broad SMARTS) is 1. The van der Waals surface area contributed by atoms with E-state index in [1.807, 2.05) is 5.38 Å². The molecule has 1 aromatic heterocycles. The van der Waals surface area contributed by atoms with Crippen LogP contribution < -0.4 is 5.32 Å². The van der Waals surface area contributed by atoms with Gasteiger partial charge in [0, 0.05) is 17.6 Å². The van der Waals surface area contributed by atoms with Crippen LogP contribution >= 0.6 is 11.3 Å². The van der Waals surface area contributed by atoms with Crippen LogP contribution in [0.2, 0.25) is 0 Å². The fraction of sp³-hybridized carbons (Fsp3) is 0.692. The van der Waals surface area contributed by atoms with E-state index in [1.54, 1.807) is 13.1 Å². The van der Waals surface area contributed by atoms with Crippen LogP contribution in [0.5, 0.6) is 0 Å². The Morgan fingerprint density at radius 1 is 1.44 bits per heavy atom. The minimum atomic E-state index is -1.05. The molecule has 0 aliphatic heterocycles. The van der Waals surface area contributed by atoms with E-state index in [0.717, 1.165) is 12.8 Å². The van der Waals surface area contributed by atoms with Gasteiger partial charge in [0.25, 0.3) is 0 Å². The monoisotopic (exact) mass is 268 g/mol. The molecule has 1 heterocycles. The molecular weight excluding hydrogens is 248 g/mol. The van der Waals surface area contributed by atoms with Gasteiger partial charge in [0.15, 0.2) is 5.54 Å². The standard InChI is InChI=1S/C13H20N2O2S/c1-13(12(16)17,11-14-8-9-18-11)15-10-6-4-2-3-5-7-10/h8-10,15H,2-7H2,1H3,(H,16,17). The molecule has 0 saturated heterocycles. The Morgan fingerprint density at radius 3 is 2.61 bits per heavy atom. The third kappa shape index (κ3) is 2.90. The molecule has 0 amide bonds. The minimum Gasteiger partial charge on any atom is -0.480 e. The average Bonchev–Trinajstić information content (AvgIpc) is 2.76. The summed E-state index contributed by atoms with van der Waals surface area (Å²) in [5.41, 5.74) is -1.05. The van der Waals surface area contributed by atoms with Crippen LogP contribution in [0.1, 0.15) is 50.5 Å². The zero-order valence-corrected chi connectivity index (χ0v) is 11.5. The Balaban J connectivity index is 2.13. The fourth-order valence-corrected chi connectivity index (χ4v) is 3.27. The van der Waals surface area contributed by atoms with E-state index in [-0.39, 0.29) is 6.04 Å². The quantitative estimate of drug-likeness (QED) is 0.824. The lowest BCUT2D eigenvalue weighted by molar-refractivity contribution is -0.145. The van der Waals surface area contributed by atoms with Crippen molar-refractivity contribution in [1.82, 2.24) is 10.3 Å². The van der Waals surface area contributed by atoms with E-state index in [2.05, 4.69) is 10.3 Å². The molecule has 0 bridgehead atoms. The first-order valence-electron chi connectivity index (χ1n) is 6.54. The number of aromatic nitrogens is 1. The maximum atomic E-state index is 11.6. The summed E-state index contributed by atoms with van der Waals surface area (Å²) < 4.78 is 0. The maximum Gasteiger partial charge on any atom is 0.330 e. The molecule has 5 heteroatoms. The second-order valence-electron chi connectivity index (χ2n) is 5.10. The van der Waals surface area contributed by atoms with Crippen LogP contribution in [0.15, 0.2) is 11.6 Å². The summed E-state index contributed by atoms with van der Waals surface area (Å²) in [6.45, 7) is 1.72. The number of aliphatic carboxylic acids is 1. The van der Waals surface area contributed by atoms with Gasteiger partial charge < -0.3 is 5.11 Å². The third-order valence-corrected chi connectivity index (χ3v) is 4.63. The first kappa shape index (κ1) is 13.5. The molecular formula is C13H20N2O2S. The first-order valence-corrected chi connectivity index (χ1v) is 7.42.